The van der Waals surface area contributed by atoms with Crippen molar-refractivity contribution >= 4 is 11.9 Å². The summed E-state index contributed by atoms with van der Waals surface area (Å²) in [5.41, 5.74) is 2.46. The fourth-order valence-corrected chi connectivity index (χ4v) is 2.84. The Bertz CT molecular complexity index is 524. The molecular weight excluding hydrogens is 308 g/mol. The third-order valence-corrected chi connectivity index (χ3v) is 4.10. The van der Waals surface area contributed by atoms with Gasteiger partial charge in [0.05, 0.1) is 7.11 Å². The van der Waals surface area contributed by atoms with Gasteiger partial charge in [0, 0.05) is 12.8 Å². The first-order valence-corrected chi connectivity index (χ1v) is 8.63. The summed E-state index contributed by atoms with van der Waals surface area (Å²) >= 11 is 0. The fraction of sp³-hybridized carbons (Fsp3) is 0.579. The highest BCUT2D eigenvalue weighted by atomic mass is 16.5. The van der Waals surface area contributed by atoms with E-state index in [0.717, 1.165) is 44.3 Å². The molecule has 5 heteroatoms. The van der Waals surface area contributed by atoms with E-state index in [1.54, 1.807) is 7.11 Å². The van der Waals surface area contributed by atoms with Crippen LogP contribution in [0.15, 0.2) is 18.2 Å². The highest BCUT2D eigenvalue weighted by Gasteiger charge is 2.09. The predicted molar refractivity (Wildman–Crippen MR) is 92.6 cm³/mol. The van der Waals surface area contributed by atoms with Gasteiger partial charge in [-0.15, -0.1) is 0 Å². The van der Waals surface area contributed by atoms with Gasteiger partial charge >= 0.3 is 11.9 Å². The van der Waals surface area contributed by atoms with Crippen molar-refractivity contribution in [1.29, 1.82) is 0 Å². The second kappa shape index (κ2) is 11.5. The average molecular weight is 336 g/mol. The molecule has 1 rings (SSSR count). The standard InChI is InChI=1S/C19H28O5/c1-24-17-12-8-10-15(9-4-2-6-13-18(20)21)16(17)11-5-3-7-14-19(22)23/h8,10,12H,2-7,9,11,13-14H2,1H3,(H,20,21)(H,22,23). The highest BCUT2D eigenvalue weighted by molar-refractivity contribution is 5.66. The monoisotopic (exact) mass is 336 g/mol. The predicted octanol–water partition coefficient (Wildman–Crippen LogP) is 4.07. The fourth-order valence-electron chi connectivity index (χ4n) is 2.84. The zero-order chi connectivity index (χ0) is 17.8. The van der Waals surface area contributed by atoms with Crippen molar-refractivity contribution in [3.8, 4) is 5.75 Å². The van der Waals surface area contributed by atoms with E-state index in [9.17, 15) is 9.59 Å². The molecule has 0 fully saturated rings. The summed E-state index contributed by atoms with van der Waals surface area (Å²) < 4.78 is 5.47. The van der Waals surface area contributed by atoms with Crippen molar-refractivity contribution in [2.75, 3.05) is 7.11 Å². The van der Waals surface area contributed by atoms with E-state index in [1.165, 1.54) is 11.1 Å². The van der Waals surface area contributed by atoms with Crippen molar-refractivity contribution in [1.82, 2.24) is 0 Å². The third kappa shape index (κ3) is 7.99. The van der Waals surface area contributed by atoms with Gasteiger partial charge in [-0.05, 0) is 55.7 Å². The molecule has 0 aliphatic heterocycles. The summed E-state index contributed by atoms with van der Waals surface area (Å²) in [6.45, 7) is 0. The van der Waals surface area contributed by atoms with Gasteiger partial charge in [-0.3, -0.25) is 9.59 Å². The minimum absolute atomic E-state index is 0.225. The van der Waals surface area contributed by atoms with Gasteiger partial charge in [0.15, 0.2) is 0 Å². The first-order chi connectivity index (χ1) is 11.5. The van der Waals surface area contributed by atoms with E-state index in [1.807, 2.05) is 12.1 Å². The summed E-state index contributed by atoms with van der Waals surface area (Å²) in [6.07, 6.45) is 7.38. The molecule has 0 atom stereocenters. The number of hydrogen-bond donors (Lipinski definition) is 2. The molecule has 5 nitrogen and oxygen atoms in total. The molecule has 0 saturated carbocycles. The number of carbonyl (C=O) groups is 2. The number of rotatable bonds is 13. The van der Waals surface area contributed by atoms with Crippen LogP contribution in [0.5, 0.6) is 5.75 Å². The van der Waals surface area contributed by atoms with Crippen LogP contribution in [0.1, 0.15) is 62.5 Å². The van der Waals surface area contributed by atoms with Crippen LogP contribution in [0.2, 0.25) is 0 Å². The molecular formula is C19H28O5. The molecule has 0 saturated heterocycles. The topological polar surface area (TPSA) is 83.8 Å². The average Bonchev–Trinajstić information content (AvgIpc) is 2.54. The number of carboxylic acid groups (broad SMARTS) is 2. The van der Waals surface area contributed by atoms with E-state index < -0.39 is 11.9 Å². The number of ether oxygens (including phenoxy) is 1. The maximum atomic E-state index is 10.5. The summed E-state index contributed by atoms with van der Waals surface area (Å²) in [5, 5.41) is 17.3. The van der Waals surface area contributed by atoms with Crippen molar-refractivity contribution < 1.29 is 24.5 Å². The Hall–Kier alpha value is -2.04. The lowest BCUT2D eigenvalue weighted by molar-refractivity contribution is -0.138. The second-order valence-electron chi connectivity index (χ2n) is 6.01. The SMILES string of the molecule is COc1cccc(CCCCCC(=O)O)c1CCCCCC(=O)O. The lowest BCUT2D eigenvalue weighted by Gasteiger charge is -2.14. The molecule has 0 heterocycles. The van der Waals surface area contributed by atoms with Crippen LogP contribution in [-0.2, 0) is 22.4 Å². The summed E-state index contributed by atoms with van der Waals surface area (Å²) in [5.74, 6) is -0.593. The Balaban J connectivity index is 2.51. The van der Waals surface area contributed by atoms with Gasteiger partial charge < -0.3 is 14.9 Å². The molecule has 1 aromatic carbocycles. The molecule has 24 heavy (non-hydrogen) atoms. The van der Waals surface area contributed by atoms with Gasteiger partial charge in [-0.1, -0.05) is 25.0 Å². The highest BCUT2D eigenvalue weighted by Crippen LogP contribution is 2.26. The van der Waals surface area contributed by atoms with Crippen LogP contribution in [0.4, 0.5) is 0 Å². The Kier molecular flexibility index (Phi) is 9.58. The second-order valence-corrected chi connectivity index (χ2v) is 6.01. The van der Waals surface area contributed by atoms with Gasteiger partial charge in [-0.25, -0.2) is 0 Å². The maximum absolute atomic E-state index is 10.5. The molecule has 0 aromatic heterocycles. The smallest absolute Gasteiger partial charge is 0.303 e. The summed E-state index contributed by atoms with van der Waals surface area (Å²) in [4.78, 5) is 21.1. The largest absolute Gasteiger partial charge is 0.496 e. The Morgan fingerprint density at radius 1 is 0.875 bits per heavy atom. The molecule has 0 spiro atoms. The Labute approximate surface area is 143 Å². The molecule has 0 unspecified atom stereocenters. The van der Waals surface area contributed by atoms with Crippen molar-refractivity contribution in [3.63, 3.8) is 0 Å². The third-order valence-electron chi connectivity index (χ3n) is 4.10. The zero-order valence-corrected chi connectivity index (χ0v) is 14.4. The normalized spacial score (nSPS) is 10.5. The lowest BCUT2D eigenvalue weighted by atomic mass is 9.95. The van der Waals surface area contributed by atoms with Crippen LogP contribution >= 0.6 is 0 Å². The molecule has 0 bridgehead atoms. The van der Waals surface area contributed by atoms with Gasteiger partial charge in [0.1, 0.15) is 5.75 Å². The number of hydrogen-bond acceptors (Lipinski definition) is 3. The van der Waals surface area contributed by atoms with Gasteiger partial charge in [-0.2, -0.15) is 0 Å². The number of aryl methyl sites for hydroxylation is 1. The Morgan fingerprint density at radius 3 is 2.00 bits per heavy atom. The molecule has 134 valence electrons. The van der Waals surface area contributed by atoms with E-state index in [4.69, 9.17) is 14.9 Å². The summed E-state index contributed by atoms with van der Waals surface area (Å²) in [7, 11) is 1.67. The first kappa shape index (κ1) is 20.0. The minimum Gasteiger partial charge on any atom is -0.496 e. The molecule has 1 aromatic rings. The van der Waals surface area contributed by atoms with Crippen molar-refractivity contribution in [2.24, 2.45) is 0 Å². The van der Waals surface area contributed by atoms with Crippen LogP contribution in [0, 0.1) is 0 Å². The molecule has 2 N–H and O–H groups in total. The lowest BCUT2D eigenvalue weighted by Crippen LogP contribution is -2.00. The maximum Gasteiger partial charge on any atom is 0.303 e. The van der Waals surface area contributed by atoms with Gasteiger partial charge in [0.25, 0.3) is 0 Å². The van der Waals surface area contributed by atoms with Crippen LogP contribution < -0.4 is 4.74 Å². The summed E-state index contributed by atoms with van der Waals surface area (Å²) in [6, 6.07) is 6.05. The van der Waals surface area contributed by atoms with E-state index in [0.29, 0.717) is 12.8 Å². The number of aliphatic carboxylic acids is 2. The van der Waals surface area contributed by atoms with E-state index >= 15 is 0 Å². The Morgan fingerprint density at radius 2 is 1.46 bits per heavy atom. The quantitative estimate of drug-likeness (QED) is 0.530. The molecule has 0 aliphatic rings. The zero-order valence-electron chi connectivity index (χ0n) is 14.4. The van der Waals surface area contributed by atoms with Crippen LogP contribution in [0.3, 0.4) is 0 Å². The number of benzene rings is 1. The van der Waals surface area contributed by atoms with E-state index in [2.05, 4.69) is 6.07 Å². The number of carboxylic acids is 2. The molecule has 0 amide bonds. The van der Waals surface area contributed by atoms with E-state index in [-0.39, 0.29) is 12.8 Å². The molecule has 0 radical (unpaired) electrons. The molecule has 0 aliphatic carbocycles. The number of methoxy groups -OCH3 is 1. The van der Waals surface area contributed by atoms with Gasteiger partial charge in [0.2, 0.25) is 0 Å². The first-order valence-electron chi connectivity index (χ1n) is 8.63. The van der Waals surface area contributed by atoms with Crippen LogP contribution in [0.25, 0.3) is 0 Å². The van der Waals surface area contributed by atoms with Crippen molar-refractivity contribution in [3.05, 3.63) is 29.3 Å². The minimum atomic E-state index is -0.741. The van der Waals surface area contributed by atoms with Crippen molar-refractivity contribution in [2.45, 2.75) is 64.2 Å². The van der Waals surface area contributed by atoms with Crippen LogP contribution in [-0.4, -0.2) is 29.3 Å². The number of unbranched alkanes of at least 4 members (excludes halogenated alkanes) is 4.